The lowest BCUT2D eigenvalue weighted by Crippen LogP contribution is -2.41. The maximum Gasteiger partial charge on any atom is 0.524 e. The van der Waals surface area contributed by atoms with Gasteiger partial charge in [-0.25, -0.2) is 4.39 Å². The molecule has 1 saturated heterocycles. The van der Waals surface area contributed by atoms with Crippen molar-refractivity contribution in [2.75, 3.05) is 0 Å². The molecule has 0 aromatic heterocycles. The standard InChI is InChI=1S/C12H20BFO3/c1-11(2)12(3,4)17-13(16-11)10(14)8-6-5-7-9-15/h8-9H,5-7H2,1-4H3. The minimum atomic E-state index is -0.920. The number of aldehydes is 1. The highest BCUT2D eigenvalue weighted by Crippen LogP contribution is 2.38. The summed E-state index contributed by atoms with van der Waals surface area (Å²) in [5.74, 6) is 0. The molecule has 0 atom stereocenters. The van der Waals surface area contributed by atoms with Gasteiger partial charge in [-0.3, -0.25) is 0 Å². The molecule has 1 heterocycles. The summed E-state index contributed by atoms with van der Waals surface area (Å²) in [5.41, 5.74) is -1.45. The number of carbonyl (C=O) groups is 1. The second-order valence-electron chi connectivity index (χ2n) is 5.27. The molecule has 0 bridgehead atoms. The van der Waals surface area contributed by atoms with Gasteiger partial charge in [0.15, 0.2) is 0 Å². The average Bonchev–Trinajstić information content (AvgIpc) is 2.43. The molecule has 1 rings (SSSR count). The Morgan fingerprint density at radius 3 is 2.18 bits per heavy atom. The van der Waals surface area contributed by atoms with Crippen molar-refractivity contribution in [2.45, 2.75) is 58.2 Å². The first kappa shape index (κ1) is 14.4. The third-order valence-electron chi connectivity index (χ3n) is 3.34. The number of hydrogen-bond donors (Lipinski definition) is 0. The van der Waals surface area contributed by atoms with Crippen LogP contribution >= 0.6 is 0 Å². The first-order valence-electron chi connectivity index (χ1n) is 5.95. The largest absolute Gasteiger partial charge is 0.524 e. The van der Waals surface area contributed by atoms with Gasteiger partial charge in [0, 0.05) is 6.42 Å². The summed E-state index contributed by atoms with van der Waals surface area (Å²) in [6.07, 6.45) is 3.89. The van der Waals surface area contributed by atoms with E-state index in [4.69, 9.17) is 9.31 Å². The van der Waals surface area contributed by atoms with Crippen molar-refractivity contribution in [3.63, 3.8) is 0 Å². The number of unbranched alkanes of at least 4 members (excludes halogenated alkanes) is 2. The molecule has 0 unspecified atom stereocenters. The van der Waals surface area contributed by atoms with Crippen LogP contribution in [0.15, 0.2) is 11.8 Å². The molecule has 0 spiro atoms. The van der Waals surface area contributed by atoms with Crippen LogP contribution in [-0.4, -0.2) is 24.6 Å². The molecule has 0 aromatic carbocycles. The zero-order valence-corrected chi connectivity index (χ0v) is 11.0. The fourth-order valence-corrected chi connectivity index (χ4v) is 1.49. The van der Waals surface area contributed by atoms with Gasteiger partial charge in [-0.2, -0.15) is 0 Å². The summed E-state index contributed by atoms with van der Waals surface area (Å²) >= 11 is 0. The molecular weight excluding hydrogens is 222 g/mol. The van der Waals surface area contributed by atoms with Crippen LogP contribution < -0.4 is 0 Å². The fourth-order valence-electron chi connectivity index (χ4n) is 1.49. The van der Waals surface area contributed by atoms with Crippen LogP contribution in [0, 0.1) is 0 Å². The van der Waals surface area contributed by atoms with Gasteiger partial charge in [-0.1, -0.05) is 6.08 Å². The van der Waals surface area contributed by atoms with E-state index in [0.29, 0.717) is 19.3 Å². The Kier molecular flexibility index (Phi) is 4.50. The summed E-state index contributed by atoms with van der Waals surface area (Å²) in [6.45, 7) is 7.53. The molecule has 17 heavy (non-hydrogen) atoms. The van der Waals surface area contributed by atoms with E-state index in [9.17, 15) is 9.18 Å². The van der Waals surface area contributed by atoms with E-state index < -0.39 is 24.0 Å². The highest BCUT2D eigenvalue weighted by molar-refractivity contribution is 6.53. The van der Waals surface area contributed by atoms with E-state index in [2.05, 4.69) is 0 Å². The first-order valence-corrected chi connectivity index (χ1v) is 5.95. The van der Waals surface area contributed by atoms with E-state index in [1.165, 1.54) is 6.08 Å². The summed E-state index contributed by atoms with van der Waals surface area (Å²) in [4.78, 5) is 10.1. The van der Waals surface area contributed by atoms with Crippen molar-refractivity contribution in [3.05, 3.63) is 11.8 Å². The zero-order valence-electron chi connectivity index (χ0n) is 11.0. The second kappa shape index (κ2) is 5.31. The second-order valence-corrected chi connectivity index (χ2v) is 5.27. The van der Waals surface area contributed by atoms with E-state index >= 15 is 0 Å². The fraction of sp³-hybridized carbons (Fsp3) is 0.750. The maximum absolute atomic E-state index is 13.7. The number of carbonyl (C=O) groups excluding carboxylic acids is 1. The van der Waals surface area contributed by atoms with Crippen molar-refractivity contribution < 1.29 is 18.5 Å². The van der Waals surface area contributed by atoms with E-state index in [-0.39, 0.29) is 0 Å². The Hall–Kier alpha value is -0.675. The third kappa shape index (κ3) is 3.39. The van der Waals surface area contributed by atoms with Crippen molar-refractivity contribution >= 4 is 13.4 Å². The van der Waals surface area contributed by atoms with Gasteiger partial charge in [0.05, 0.1) is 11.2 Å². The highest BCUT2D eigenvalue weighted by Gasteiger charge is 2.52. The lowest BCUT2D eigenvalue weighted by atomic mass is 9.87. The van der Waals surface area contributed by atoms with Crippen LogP contribution in [0.2, 0.25) is 0 Å². The average molecular weight is 242 g/mol. The van der Waals surface area contributed by atoms with Crippen LogP contribution in [0.1, 0.15) is 47.0 Å². The topological polar surface area (TPSA) is 35.5 Å². The number of allylic oxidation sites excluding steroid dienone is 1. The van der Waals surface area contributed by atoms with Crippen LogP contribution in [0.25, 0.3) is 0 Å². The maximum atomic E-state index is 13.7. The first-order chi connectivity index (χ1) is 7.80. The van der Waals surface area contributed by atoms with Crippen LogP contribution in [-0.2, 0) is 14.1 Å². The molecule has 5 heteroatoms. The van der Waals surface area contributed by atoms with Crippen molar-refractivity contribution in [1.82, 2.24) is 0 Å². The highest BCUT2D eigenvalue weighted by atomic mass is 19.1. The van der Waals surface area contributed by atoms with Gasteiger partial charge >= 0.3 is 7.12 Å². The Balaban J connectivity index is 2.55. The molecule has 1 aliphatic rings. The number of hydrogen-bond acceptors (Lipinski definition) is 3. The van der Waals surface area contributed by atoms with Crippen LogP contribution in [0.4, 0.5) is 4.39 Å². The molecule has 96 valence electrons. The predicted octanol–water partition coefficient (Wildman–Crippen LogP) is 2.84. The van der Waals surface area contributed by atoms with E-state index in [1.807, 2.05) is 27.7 Å². The lowest BCUT2D eigenvalue weighted by molar-refractivity contribution is -0.107. The Bertz CT molecular complexity index is 297. The minimum Gasteiger partial charge on any atom is -0.398 e. The smallest absolute Gasteiger partial charge is 0.398 e. The molecular formula is C12H20BFO3. The van der Waals surface area contributed by atoms with Crippen molar-refractivity contribution in [1.29, 1.82) is 0 Å². The summed E-state index contributed by atoms with van der Waals surface area (Å²) < 4.78 is 24.8. The van der Waals surface area contributed by atoms with Crippen LogP contribution in [0.5, 0.6) is 0 Å². The molecule has 0 radical (unpaired) electrons. The molecule has 0 aromatic rings. The SMILES string of the molecule is CC1(C)OB(C(F)=CCCCC=O)OC1(C)C. The van der Waals surface area contributed by atoms with Gasteiger partial charge in [-0.05, 0) is 40.5 Å². The third-order valence-corrected chi connectivity index (χ3v) is 3.34. The molecule has 1 aliphatic heterocycles. The summed E-state index contributed by atoms with van der Waals surface area (Å²) in [5, 5.41) is 0. The number of rotatable bonds is 5. The molecule has 0 aliphatic carbocycles. The summed E-state index contributed by atoms with van der Waals surface area (Å²) in [7, 11) is -0.920. The number of halogens is 1. The van der Waals surface area contributed by atoms with Gasteiger partial charge in [0.2, 0.25) is 0 Å². The van der Waals surface area contributed by atoms with Crippen LogP contribution in [0.3, 0.4) is 0 Å². The van der Waals surface area contributed by atoms with E-state index in [1.54, 1.807) is 0 Å². The zero-order chi connectivity index (χ0) is 13.1. The summed E-state index contributed by atoms with van der Waals surface area (Å²) in [6, 6.07) is 0. The Labute approximate surface area is 103 Å². The molecule has 0 N–H and O–H groups in total. The van der Waals surface area contributed by atoms with Gasteiger partial charge < -0.3 is 14.1 Å². The Morgan fingerprint density at radius 2 is 1.71 bits per heavy atom. The van der Waals surface area contributed by atoms with Gasteiger partial charge in [-0.15, -0.1) is 0 Å². The monoisotopic (exact) mass is 242 g/mol. The van der Waals surface area contributed by atoms with Crippen molar-refractivity contribution in [2.24, 2.45) is 0 Å². The quantitative estimate of drug-likeness (QED) is 0.422. The minimum absolute atomic E-state index is 0.408. The van der Waals surface area contributed by atoms with Gasteiger partial charge in [0.1, 0.15) is 12.0 Å². The molecule has 0 amide bonds. The lowest BCUT2D eigenvalue weighted by Gasteiger charge is -2.32. The van der Waals surface area contributed by atoms with Crippen molar-refractivity contribution in [3.8, 4) is 0 Å². The normalized spacial score (nSPS) is 22.9. The molecule has 3 nitrogen and oxygen atoms in total. The van der Waals surface area contributed by atoms with E-state index in [0.717, 1.165) is 6.29 Å². The van der Waals surface area contributed by atoms with Gasteiger partial charge in [0.25, 0.3) is 0 Å². The Morgan fingerprint density at radius 1 is 1.18 bits per heavy atom. The molecule has 0 saturated carbocycles. The predicted molar refractivity (Wildman–Crippen MR) is 65.2 cm³/mol. The molecule has 1 fully saturated rings.